The van der Waals surface area contributed by atoms with Crippen LogP contribution in [0.25, 0.3) is 0 Å². The Hall–Kier alpha value is -1.11. The van der Waals surface area contributed by atoms with Gasteiger partial charge in [0.1, 0.15) is 5.84 Å². The summed E-state index contributed by atoms with van der Waals surface area (Å²) < 4.78 is 5.76. The normalized spacial score (nSPS) is 19.9. The minimum Gasteiger partial charge on any atom is -0.516 e. The van der Waals surface area contributed by atoms with Gasteiger partial charge in [-0.25, -0.2) is 0 Å². The van der Waals surface area contributed by atoms with Crippen LogP contribution >= 0.6 is 0 Å². The molecule has 0 amide bonds. The van der Waals surface area contributed by atoms with Crippen molar-refractivity contribution >= 4 is 5.84 Å². The molecule has 0 spiro atoms. The molecule has 2 heterocycles. The lowest BCUT2D eigenvalue weighted by Gasteiger charge is -2.38. The third-order valence-corrected chi connectivity index (χ3v) is 3.68. The predicted octanol–water partition coefficient (Wildman–Crippen LogP) is 1.87. The molecule has 2 aliphatic rings. The standard InChI is InChI=1S/C14H27N3O.C2H4O.CH5N/c1-4-5-7-17-8-6-15-13(17)11-16-9-10-18-14(2,3)12-16;1-2-3;1-2/h4-12H2,1-3H3;2-3H,1H2;2H2,1H3. The van der Waals surface area contributed by atoms with Gasteiger partial charge in [-0.2, -0.15) is 0 Å². The first kappa shape index (κ1) is 21.9. The van der Waals surface area contributed by atoms with E-state index in [9.17, 15) is 0 Å². The fourth-order valence-corrected chi connectivity index (χ4v) is 2.72. The lowest BCUT2D eigenvalue weighted by atomic mass is 10.1. The van der Waals surface area contributed by atoms with Crippen LogP contribution in [0.2, 0.25) is 0 Å². The van der Waals surface area contributed by atoms with Gasteiger partial charge in [-0.15, -0.1) is 0 Å². The topological polar surface area (TPSA) is 74.3 Å². The number of hydrogen-bond donors (Lipinski definition) is 2. The van der Waals surface area contributed by atoms with Crippen molar-refractivity contribution in [3.8, 4) is 0 Å². The summed E-state index contributed by atoms with van der Waals surface area (Å²) in [5.41, 5.74) is 4.49. The minimum absolute atomic E-state index is 0.00827. The molecule has 2 rings (SSSR count). The number of ether oxygens (including phenoxy) is 1. The smallest absolute Gasteiger partial charge is 0.113 e. The van der Waals surface area contributed by atoms with Crippen LogP contribution in [0.1, 0.15) is 33.6 Å². The number of amidine groups is 1. The van der Waals surface area contributed by atoms with Gasteiger partial charge < -0.3 is 20.5 Å². The van der Waals surface area contributed by atoms with Crippen molar-refractivity contribution < 1.29 is 9.84 Å². The van der Waals surface area contributed by atoms with Crippen LogP contribution in [0.15, 0.2) is 17.8 Å². The number of aliphatic hydroxyl groups excluding tert-OH is 1. The van der Waals surface area contributed by atoms with Crippen LogP contribution in [-0.4, -0.2) is 79.3 Å². The van der Waals surface area contributed by atoms with Crippen LogP contribution in [0, 0.1) is 0 Å². The number of unbranched alkanes of at least 4 members (excludes halogenated alkanes) is 1. The van der Waals surface area contributed by atoms with E-state index in [4.69, 9.17) is 9.84 Å². The zero-order chi connectivity index (χ0) is 17.7. The molecule has 0 bridgehead atoms. The number of aliphatic hydroxyl groups is 1. The molecule has 0 radical (unpaired) electrons. The molecule has 6 heteroatoms. The van der Waals surface area contributed by atoms with Crippen molar-refractivity contribution in [2.24, 2.45) is 10.7 Å². The summed E-state index contributed by atoms with van der Waals surface area (Å²) in [5, 5.41) is 7.33. The second-order valence-electron chi connectivity index (χ2n) is 6.14. The number of aliphatic imine (C=N–C) groups is 1. The Morgan fingerprint density at radius 2 is 2.04 bits per heavy atom. The molecule has 0 aromatic carbocycles. The number of morpholine rings is 1. The molecule has 1 saturated heterocycles. The molecule has 0 aromatic heterocycles. The highest BCUT2D eigenvalue weighted by molar-refractivity contribution is 5.85. The number of nitrogens with two attached hydrogens (primary N) is 1. The predicted molar refractivity (Wildman–Crippen MR) is 98.2 cm³/mol. The highest BCUT2D eigenvalue weighted by Gasteiger charge is 2.29. The van der Waals surface area contributed by atoms with Crippen molar-refractivity contribution in [3.05, 3.63) is 12.8 Å². The molecule has 3 N–H and O–H groups in total. The molecule has 23 heavy (non-hydrogen) atoms. The van der Waals surface area contributed by atoms with E-state index in [0.29, 0.717) is 0 Å². The zero-order valence-electron chi connectivity index (χ0n) is 15.4. The van der Waals surface area contributed by atoms with Gasteiger partial charge in [-0.05, 0) is 27.3 Å². The molecule has 136 valence electrons. The van der Waals surface area contributed by atoms with Gasteiger partial charge in [-0.1, -0.05) is 19.9 Å². The third kappa shape index (κ3) is 8.93. The first-order valence-corrected chi connectivity index (χ1v) is 8.50. The SMILES string of the molecule is C=CO.CCCCN1CCN=C1CN1CCOC(C)(C)C1.CN. The van der Waals surface area contributed by atoms with E-state index in [1.165, 1.54) is 32.3 Å². The Kier molecular flexibility index (Phi) is 11.7. The quantitative estimate of drug-likeness (QED) is 0.754. The molecule has 6 nitrogen and oxygen atoms in total. The summed E-state index contributed by atoms with van der Waals surface area (Å²) in [6.07, 6.45) is 3.28. The molecular formula is C17H36N4O2. The van der Waals surface area contributed by atoms with Gasteiger partial charge in [-0.3, -0.25) is 9.89 Å². The summed E-state index contributed by atoms with van der Waals surface area (Å²) in [5.74, 6) is 1.29. The Morgan fingerprint density at radius 1 is 1.39 bits per heavy atom. The zero-order valence-corrected chi connectivity index (χ0v) is 15.4. The molecule has 0 unspecified atom stereocenters. The van der Waals surface area contributed by atoms with Gasteiger partial charge >= 0.3 is 0 Å². The Bertz CT molecular complexity index is 345. The maximum absolute atomic E-state index is 7.33. The average molecular weight is 329 g/mol. The van der Waals surface area contributed by atoms with E-state index in [2.05, 4.69) is 47.9 Å². The first-order chi connectivity index (χ1) is 11.0. The van der Waals surface area contributed by atoms with Crippen molar-refractivity contribution in [2.75, 3.05) is 52.9 Å². The lowest BCUT2D eigenvalue weighted by molar-refractivity contribution is -0.0822. The van der Waals surface area contributed by atoms with Crippen LogP contribution in [0.5, 0.6) is 0 Å². The van der Waals surface area contributed by atoms with Crippen molar-refractivity contribution in [1.82, 2.24) is 9.80 Å². The molecule has 0 saturated carbocycles. The molecule has 1 fully saturated rings. The summed E-state index contributed by atoms with van der Waals surface area (Å²) >= 11 is 0. The second-order valence-corrected chi connectivity index (χ2v) is 6.14. The largest absolute Gasteiger partial charge is 0.516 e. The van der Waals surface area contributed by atoms with Crippen molar-refractivity contribution in [1.29, 1.82) is 0 Å². The monoisotopic (exact) mass is 328 g/mol. The van der Waals surface area contributed by atoms with Crippen LogP contribution in [0.3, 0.4) is 0 Å². The summed E-state index contributed by atoms with van der Waals surface area (Å²) in [7, 11) is 1.50. The third-order valence-electron chi connectivity index (χ3n) is 3.68. The Morgan fingerprint density at radius 3 is 2.61 bits per heavy atom. The van der Waals surface area contributed by atoms with E-state index in [1.807, 2.05) is 0 Å². The first-order valence-electron chi connectivity index (χ1n) is 8.50. The second kappa shape index (κ2) is 12.3. The Labute approximate surface area is 142 Å². The molecule has 2 aliphatic heterocycles. The van der Waals surface area contributed by atoms with E-state index in [-0.39, 0.29) is 5.60 Å². The van der Waals surface area contributed by atoms with Crippen molar-refractivity contribution in [3.63, 3.8) is 0 Å². The maximum Gasteiger partial charge on any atom is 0.113 e. The fraction of sp³-hybridized carbons (Fsp3) is 0.824. The minimum atomic E-state index is -0.00827. The summed E-state index contributed by atoms with van der Waals surface area (Å²) in [4.78, 5) is 9.62. The lowest BCUT2D eigenvalue weighted by Crippen LogP contribution is -2.51. The Balaban J connectivity index is 0.000000868. The van der Waals surface area contributed by atoms with Crippen LogP contribution in [-0.2, 0) is 4.74 Å². The van der Waals surface area contributed by atoms with E-state index in [0.717, 1.165) is 45.6 Å². The van der Waals surface area contributed by atoms with Crippen molar-refractivity contribution in [2.45, 2.75) is 39.2 Å². The van der Waals surface area contributed by atoms with Gasteiger partial charge in [0.25, 0.3) is 0 Å². The molecule has 0 atom stereocenters. The molecule has 0 aliphatic carbocycles. The number of nitrogens with zero attached hydrogens (tertiary/aromatic N) is 3. The van der Waals surface area contributed by atoms with E-state index >= 15 is 0 Å². The van der Waals surface area contributed by atoms with Gasteiger partial charge in [0.2, 0.25) is 0 Å². The highest BCUT2D eigenvalue weighted by Crippen LogP contribution is 2.17. The number of hydrogen-bond acceptors (Lipinski definition) is 6. The van der Waals surface area contributed by atoms with Gasteiger partial charge in [0.05, 0.1) is 31.6 Å². The number of rotatable bonds is 5. The van der Waals surface area contributed by atoms with E-state index in [1.54, 1.807) is 0 Å². The van der Waals surface area contributed by atoms with Gasteiger partial charge in [0, 0.05) is 26.2 Å². The van der Waals surface area contributed by atoms with Crippen LogP contribution in [0.4, 0.5) is 0 Å². The van der Waals surface area contributed by atoms with E-state index < -0.39 is 0 Å². The fourth-order valence-electron chi connectivity index (χ4n) is 2.72. The molecular weight excluding hydrogens is 292 g/mol. The summed E-state index contributed by atoms with van der Waals surface area (Å²) in [6, 6.07) is 0. The van der Waals surface area contributed by atoms with Gasteiger partial charge in [0.15, 0.2) is 0 Å². The highest BCUT2D eigenvalue weighted by atomic mass is 16.5. The summed E-state index contributed by atoms with van der Waals surface area (Å²) in [6.45, 7) is 16.6. The molecule has 0 aromatic rings. The maximum atomic E-state index is 7.33. The average Bonchev–Trinajstić information content (AvgIpc) is 2.94. The van der Waals surface area contributed by atoms with Crippen LogP contribution < -0.4 is 5.73 Å².